The van der Waals surface area contributed by atoms with Crippen LogP contribution in [0, 0.1) is 5.92 Å². The quantitative estimate of drug-likeness (QED) is 0.789. The van der Waals surface area contributed by atoms with E-state index in [2.05, 4.69) is 9.71 Å². The molecule has 2 heterocycles. The van der Waals surface area contributed by atoms with Gasteiger partial charge in [-0.05, 0) is 42.9 Å². The Balaban J connectivity index is 1.42. The fourth-order valence-electron chi connectivity index (χ4n) is 3.23. The summed E-state index contributed by atoms with van der Waals surface area (Å²) in [7, 11) is -3.29. The van der Waals surface area contributed by atoms with Gasteiger partial charge >= 0.3 is 0 Å². The molecule has 0 saturated carbocycles. The number of hydrogen-bond acceptors (Lipinski definition) is 4. The Labute approximate surface area is 160 Å². The minimum absolute atomic E-state index is 0.00927. The number of pyridine rings is 1. The summed E-state index contributed by atoms with van der Waals surface area (Å²) in [6.45, 7) is 1.72. The zero-order valence-corrected chi connectivity index (χ0v) is 16.1. The summed E-state index contributed by atoms with van der Waals surface area (Å²) in [4.78, 5) is 18.2. The highest BCUT2D eigenvalue weighted by Crippen LogP contribution is 2.18. The van der Waals surface area contributed by atoms with E-state index in [1.54, 1.807) is 24.5 Å². The Bertz CT molecular complexity index is 833. The van der Waals surface area contributed by atoms with Crippen LogP contribution in [0.3, 0.4) is 0 Å². The van der Waals surface area contributed by atoms with E-state index in [9.17, 15) is 13.2 Å². The predicted molar refractivity (Wildman–Crippen MR) is 105 cm³/mol. The van der Waals surface area contributed by atoms with Crippen molar-refractivity contribution in [2.75, 3.05) is 25.4 Å². The lowest BCUT2D eigenvalue weighted by Crippen LogP contribution is -2.42. The smallest absolute Gasteiger partial charge is 0.255 e. The molecular formula is C20H25N3O3S. The molecule has 7 heteroatoms. The van der Waals surface area contributed by atoms with Crippen molar-refractivity contribution in [1.29, 1.82) is 0 Å². The van der Waals surface area contributed by atoms with Gasteiger partial charge in [0.2, 0.25) is 10.0 Å². The molecule has 0 unspecified atom stereocenters. The van der Waals surface area contributed by atoms with Crippen molar-refractivity contribution < 1.29 is 13.2 Å². The second-order valence-corrected chi connectivity index (χ2v) is 8.81. The number of hydrogen-bond donors (Lipinski definition) is 1. The summed E-state index contributed by atoms with van der Waals surface area (Å²) < 4.78 is 27.2. The molecule has 1 amide bonds. The third-order valence-electron chi connectivity index (χ3n) is 4.90. The molecule has 1 N–H and O–H groups in total. The van der Waals surface area contributed by atoms with E-state index in [4.69, 9.17) is 0 Å². The predicted octanol–water partition coefficient (Wildman–Crippen LogP) is 2.10. The van der Waals surface area contributed by atoms with E-state index in [0.29, 0.717) is 31.6 Å². The Hall–Kier alpha value is -2.25. The second-order valence-electron chi connectivity index (χ2n) is 6.88. The van der Waals surface area contributed by atoms with Gasteiger partial charge in [0.25, 0.3) is 5.91 Å². The molecule has 1 aromatic heterocycles. The molecule has 0 spiro atoms. The van der Waals surface area contributed by atoms with Crippen molar-refractivity contribution >= 4 is 15.9 Å². The second kappa shape index (κ2) is 9.10. The van der Waals surface area contributed by atoms with Crippen LogP contribution < -0.4 is 4.72 Å². The zero-order chi connectivity index (χ0) is 19.1. The Kier molecular flexibility index (Phi) is 6.58. The number of nitrogens with one attached hydrogen (secondary N) is 1. The van der Waals surface area contributed by atoms with Crippen LogP contribution in [-0.4, -0.2) is 49.6 Å². The molecule has 0 aliphatic carbocycles. The first-order valence-electron chi connectivity index (χ1n) is 9.24. The Morgan fingerprint density at radius 3 is 2.52 bits per heavy atom. The molecule has 2 aromatic rings. The largest absolute Gasteiger partial charge is 0.339 e. The molecule has 27 heavy (non-hydrogen) atoms. The number of piperidine rings is 1. The van der Waals surface area contributed by atoms with Gasteiger partial charge in [0.05, 0.1) is 11.3 Å². The van der Waals surface area contributed by atoms with Gasteiger partial charge in [-0.1, -0.05) is 30.3 Å². The maximum Gasteiger partial charge on any atom is 0.255 e. The Morgan fingerprint density at radius 2 is 1.85 bits per heavy atom. The summed E-state index contributed by atoms with van der Waals surface area (Å²) >= 11 is 0. The first kappa shape index (κ1) is 19.5. The number of carbonyl (C=O) groups is 1. The lowest BCUT2D eigenvalue weighted by Gasteiger charge is -2.32. The topological polar surface area (TPSA) is 79.4 Å². The van der Waals surface area contributed by atoms with Crippen LogP contribution in [-0.2, 0) is 16.4 Å². The van der Waals surface area contributed by atoms with Crippen molar-refractivity contribution in [3.63, 3.8) is 0 Å². The maximum atomic E-state index is 12.4. The number of sulfonamides is 1. The van der Waals surface area contributed by atoms with E-state index < -0.39 is 10.0 Å². The SMILES string of the molecule is O=C(c1cccnc1)N1CCC(CNS(=O)(=O)CCc2ccccc2)CC1. The molecule has 0 bridgehead atoms. The zero-order valence-electron chi connectivity index (χ0n) is 15.3. The van der Waals surface area contributed by atoms with Gasteiger partial charge in [-0.2, -0.15) is 0 Å². The van der Waals surface area contributed by atoms with Crippen LogP contribution >= 0.6 is 0 Å². The molecule has 1 aliphatic heterocycles. The van der Waals surface area contributed by atoms with Crippen LogP contribution in [0.25, 0.3) is 0 Å². The van der Waals surface area contributed by atoms with E-state index >= 15 is 0 Å². The first-order chi connectivity index (χ1) is 13.0. The fraction of sp³-hybridized carbons (Fsp3) is 0.400. The van der Waals surface area contributed by atoms with Crippen molar-refractivity contribution in [3.05, 3.63) is 66.0 Å². The third kappa shape index (κ3) is 5.87. The van der Waals surface area contributed by atoms with Crippen molar-refractivity contribution in [1.82, 2.24) is 14.6 Å². The number of aryl methyl sites for hydroxylation is 1. The lowest BCUT2D eigenvalue weighted by atomic mass is 9.97. The van der Waals surface area contributed by atoms with Gasteiger partial charge in [-0.15, -0.1) is 0 Å². The van der Waals surface area contributed by atoms with Crippen LogP contribution in [0.5, 0.6) is 0 Å². The van der Waals surface area contributed by atoms with E-state index in [1.807, 2.05) is 35.2 Å². The molecule has 6 nitrogen and oxygen atoms in total. The highest BCUT2D eigenvalue weighted by molar-refractivity contribution is 7.89. The van der Waals surface area contributed by atoms with Crippen LogP contribution in [0.4, 0.5) is 0 Å². The summed E-state index contributed by atoms with van der Waals surface area (Å²) in [5.41, 5.74) is 1.61. The minimum Gasteiger partial charge on any atom is -0.339 e. The molecular weight excluding hydrogens is 362 g/mol. The molecule has 3 rings (SSSR count). The average molecular weight is 388 g/mol. The number of amides is 1. The highest BCUT2D eigenvalue weighted by atomic mass is 32.2. The number of rotatable bonds is 7. The molecule has 1 fully saturated rings. The van der Waals surface area contributed by atoms with E-state index in [-0.39, 0.29) is 17.6 Å². The molecule has 1 saturated heterocycles. The number of nitrogens with zero attached hydrogens (tertiary/aromatic N) is 2. The summed E-state index contributed by atoms with van der Waals surface area (Å²) in [6.07, 6.45) is 5.33. The highest BCUT2D eigenvalue weighted by Gasteiger charge is 2.24. The summed E-state index contributed by atoms with van der Waals surface area (Å²) in [5.74, 6) is 0.342. The van der Waals surface area contributed by atoms with Gasteiger partial charge in [-0.25, -0.2) is 13.1 Å². The van der Waals surface area contributed by atoms with Crippen LogP contribution in [0.2, 0.25) is 0 Å². The Morgan fingerprint density at radius 1 is 1.11 bits per heavy atom. The fourth-order valence-corrected chi connectivity index (χ4v) is 4.36. The molecule has 0 radical (unpaired) electrons. The van der Waals surface area contributed by atoms with Gasteiger partial charge < -0.3 is 4.90 Å². The van der Waals surface area contributed by atoms with Gasteiger partial charge in [0.15, 0.2) is 0 Å². The van der Waals surface area contributed by atoms with Gasteiger partial charge in [-0.3, -0.25) is 9.78 Å². The van der Waals surface area contributed by atoms with Gasteiger partial charge in [0, 0.05) is 32.0 Å². The third-order valence-corrected chi connectivity index (χ3v) is 6.25. The minimum atomic E-state index is -3.29. The molecule has 144 valence electrons. The summed E-state index contributed by atoms with van der Waals surface area (Å²) in [6, 6.07) is 13.1. The average Bonchev–Trinajstić information content (AvgIpc) is 2.72. The number of carbonyl (C=O) groups excluding carboxylic acids is 1. The number of benzene rings is 1. The number of likely N-dealkylation sites (tertiary alicyclic amines) is 1. The van der Waals surface area contributed by atoms with Crippen molar-refractivity contribution in [3.8, 4) is 0 Å². The van der Waals surface area contributed by atoms with Crippen molar-refractivity contribution in [2.45, 2.75) is 19.3 Å². The van der Waals surface area contributed by atoms with Crippen LogP contribution in [0.1, 0.15) is 28.8 Å². The van der Waals surface area contributed by atoms with E-state index in [0.717, 1.165) is 18.4 Å². The first-order valence-corrected chi connectivity index (χ1v) is 10.9. The molecule has 1 aliphatic rings. The maximum absolute atomic E-state index is 12.4. The molecule has 0 atom stereocenters. The van der Waals surface area contributed by atoms with Crippen LogP contribution in [0.15, 0.2) is 54.9 Å². The number of aromatic nitrogens is 1. The van der Waals surface area contributed by atoms with E-state index in [1.165, 1.54) is 0 Å². The standard InChI is InChI=1S/C20H25N3O3S/c24-20(19-7-4-11-21-16-19)23-12-8-18(9-13-23)15-22-27(25,26)14-10-17-5-2-1-3-6-17/h1-7,11,16,18,22H,8-10,12-15H2. The summed E-state index contributed by atoms with van der Waals surface area (Å²) in [5, 5.41) is 0. The monoisotopic (exact) mass is 387 g/mol. The molecule has 1 aromatic carbocycles. The lowest BCUT2D eigenvalue weighted by molar-refractivity contribution is 0.0691. The van der Waals surface area contributed by atoms with Crippen molar-refractivity contribution in [2.24, 2.45) is 5.92 Å². The van der Waals surface area contributed by atoms with Gasteiger partial charge in [0.1, 0.15) is 0 Å². The normalized spacial score (nSPS) is 15.6.